The molecular formula is C34H39F2N5O5. The molecule has 1 N–H and O–H groups in total. The molecule has 0 aliphatic carbocycles. The Morgan fingerprint density at radius 3 is 2.39 bits per heavy atom. The molecule has 3 aromatic rings. The lowest BCUT2D eigenvalue weighted by Gasteiger charge is -2.43. The second-order valence-electron chi connectivity index (χ2n) is 11.7. The molecule has 2 aliphatic heterocycles. The van der Waals surface area contributed by atoms with Crippen LogP contribution in [-0.2, 0) is 26.7 Å². The highest BCUT2D eigenvalue weighted by molar-refractivity contribution is 6.12. The fourth-order valence-electron chi connectivity index (χ4n) is 6.76. The van der Waals surface area contributed by atoms with E-state index in [9.17, 15) is 23.2 Å². The minimum absolute atomic E-state index is 0.0187. The summed E-state index contributed by atoms with van der Waals surface area (Å²) in [6.45, 7) is 2.50. The third-order valence-electron chi connectivity index (χ3n) is 9.05. The number of esters is 1. The molecule has 0 radical (unpaired) electrons. The topological polar surface area (TPSA) is 105 Å². The molecule has 0 saturated carbocycles. The van der Waals surface area contributed by atoms with Crippen LogP contribution in [0.25, 0.3) is 0 Å². The van der Waals surface area contributed by atoms with Gasteiger partial charge in [0.2, 0.25) is 0 Å². The van der Waals surface area contributed by atoms with E-state index in [2.05, 4.69) is 69.4 Å². The van der Waals surface area contributed by atoms with Crippen molar-refractivity contribution in [2.45, 2.75) is 30.7 Å². The Kier molecular flexibility index (Phi) is 10.3. The van der Waals surface area contributed by atoms with Gasteiger partial charge in [0, 0.05) is 38.0 Å². The number of benzene rings is 2. The molecule has 244 valence electrons. The highest BCUT2D eigenvalue weighted by Crippen LogP contribution is 2.42. The van der Waals surface area contributed by atoms with Gasteiger partial charge in [0.1, 0.15) is 5.92 Å². The fraction of sp³-hybridized carbons (Fsp3) is 0.412. The number of amides is 4. The number of likely N-dealkylation sites (tertiary alicyclic amines) is 1. The molecule has 2 aliphatic rings. The summed E-state index contributed by atoms with van der Waals surface area (Å²) in [5, 5.41) is 2.76. The quantitative estimate of drug-likeness (QED) is 0.253. The molecule has 10 nitrogen and oxygen atoms in total. The number of carbonyl (C=O) groups is 3. The Morgan fingerprint density at radius 1 is 1.02 bits per heavy atom. The second-order valence-corrected chi connectivity index (χ2v) is 11.7. The number of piperidine rings is 1. The third kappa shape index (κ3) is 6.59. The number of nitrogens with one attached hydrogen (secondary N) is 1. The largest absolute Gasteiger partial charge is 0.468 e. The van der Waals surface area contributed by atoms with Gasteiger partial charge in [-0.05, 0) is 74.3 Å². The summed E-state index contributed by atoms with van der Waals surface area (Å²) < 4.78 is 40.4. The second kappa shape index (κ2) is 14.3. The van der Waals surface area contributed by atoms with Gasteiger partial charge in [-0.3, -0.25) is 4.79 Å². The number of nitrogens with zero attached hydrogens (tertiary/aromatic N) is 4. The maximum atomic E-state index is 14.3. The Morgan fingerprint density at radius 2 is 1.76 bits per heavy atom. The highest BCUT2D eigenvalue weighted by Gasteiger charge is 2.47. The number of carbonyl (C=O) groups excluding carboxylic acids is 3. The van der Waals surface area contributed by atoms with Crippen LogP contribution in [0.4, 0.5) is 18.4 Å². The van der Waals surface area contributed by atoms with Crippen molar-refractivity contribution in [1.82, 2.24) is 19.7 Å². The van der Waals surface area contributed by atoms with Crippen LogP contribution in [0.15, 0.2) is 71.9 Å². The minimum Gasteiger partial charge on any atom is -0.468 e. The van der Waals surface area contributed by atoms with Crippen LogP contribution in [0.5, 0.6) is 0 Å². The molecule has 0 bridgehead atoms. The first-order valence-corrected chi connectivity index (χ1v) is 15.3. The number of methoxy groups -OCH3 is 2. The van der Waals surface area contributed by atoms with Gasteiger partial charge in [-0.2, -0.15) is 4.99 Å². The van der Waals surface area contributed by atoms with Gasteiger partial charge in [-0.15, -0.1) is 0 Å². The maximum absolute atomic E-state index is 14.3. The van der Waals surface area contributed by atoms with Crippen molar-refractivity contribution in [3.8, 4) is 0 Å². The number of urea groups is 2. The number of rotatable bonds is 10. The van der Waals surface area contributed by atoms with Gasteiger partial charge in [0.15, 0.2) is 11.6 Å². The third-order valence-corrected chi connectivity index (χ3v) is 9.05. The summed E-state index contributed by atoms with van der Waals surface area (Å²) in [7, 11) is 4.59. The highest BCUT2D eigenvalue weighted by atomic mass is 19.2. The molecule has 0 spiro atoms. The van der Waals surface area contributed by atoms with Crippen LogP contribution >= 0.6 is 0 Å². The Balaban J connectivity index is 1.26. The summed E-state index contributed by atoms with van der Waals surface area (Å²) in [5.41, 5.74) is 2.55. The zero-order valence-electron chi connectivity index (χ0n) is 26.2. The first kappa shape index (κ1) is 33.0. The zero-order chi connectivity index (χ0) is 32.8. The van der Waals surface area contributed by atoms with Gasteiger partial charge in [0.05, 0.1) is 25.5 Å². The van der Waals surface area contributed by atoms with Crippen molar-refractivity contribution in [1.29, 1.82) is 0 Å². The summed E-state index contributed by atoms with van der Waals surface area (Å²) in [6, 6.07) is 14.7. The van der Waals surface area contributed by atoms with Crippen molar-refractivity contribution in [2.75, 3.05) is 47.0 Å². The van der Waals surface area contributed by atoms with Crippen LogP contribution in [0, 0.1) is 17.6 Å². The van der Waals surface area contributed by atoms with Crippen molar-refractivity contribution in [2.24, 2.45) is 18.0 Å². The van der Waals surface area contributed by atoms with Gasteiger partial charge in [-0.1, -0.05) is 36.4 Å². The lowest BCUT2D eigenvalue weighted by atomic mass is 9.70. The van der Waals surface area contributed by atoms with Gasteiger partial charge in [0.25, 0.3) is 0 Å². The molecule has 46 heavy (non-hydrogen) atoms. The van der Waals surface area contributed by atoms with E-state index in [0.717, 1.165) is 56.6 Å². The van der Waals surface area contributed by atoms with E-state index in [-0.39, 0.29) is 29.8 Å². The predicted octanol–water partition coefficient (Wildman–Crippen LogP) is 4.84. The first-order valence-electron chi connectivity index (χ1n) is 15.3. The standard InChI is InChI=1S/C34H39F2N5O5/c1-39-17-7-11-28(39)34(24-9-5-4-6-10-24)14-19-40(20-15-34)18-8-16-37-32(43)41-30(23-12-13-25(35)26(36)21-23)29(31(42)46-3)27(22-45-2)38-33(41)44/h4-7,9-13,17,21,29-30H,8,14-16,18-20,22H2,1-3H3,(H,37,43). The predicted molar refractivity (Wildman–Crippen MR) is 167 cm³/mol. The molecule has 5 rings (SSSR count). The fourth-order valence-corrected chi connectivity index (χ4v) is 6.76. The maximum Gasteiger partial charge on any atom is 0.352 e. The number of imide groups is 1. The Bertz CT molecular complexity index is 1590. The van der Waals surface area contributed by atoms with Gasteiger partial charge >= 0.3 is 18.0 Å². The molecule has 4 amide bonds. The molecule has 12 heteroatoms. The SMILES string of the molecule is COCC1=NC(=O)N(C(=O)NCCCN2CCC(c3ccccc3)(c3cccn3C)CC2)C(c2ccc(F)c(F)c2)C1C(=O)OC. The van der Waals surface area contributed by atoms with Crippen molar-refractivity contribution in [3.05, 3.63) is 95.3 Å². The average Bonchev–Trinajstić information content (AvgIpc) is 3.50. The lowest BCUT2D eigenvalue weighted by molar-refractivity contribution is -0.144. The van der Waals surface area contributed by atoms with Crippen molar-refractivity contribution in [3.63, 3.8) is 0 Å². The van der Waals surface area contributed by atoms with E-state index in [1.54, 1.807) is 0 Å². The molecule has 2 atom stereocenters. The number of aryl methyl sites for hydroxylation is 1. The van der Waals surface area contributed by atoms with Crippen LogP contribution < -0.4 is 5.32 Å². The summed E-state index contributed by atoms with van der Waals surface area (Å²) in [5.74, 6) is -4.37. The average molecular weight is 636 g/mol. The van der Waals surface area contributed by atoms with Crippen LogP contribution in [0.3, 0.4) is 0 Å². The van der Waals surface area contributed by atoms with Gasteiger partial charge < -0.3 is 24.3 Å². The van der Waals surface area contributed by atoms with E-state index in [1.165, 1.54) is 24.4 Å². The van der Waals surface area contributed by atoms with Crippen LogP contribution in [-0.4, -0.2) is 85.1 Å². The van der Waals surface area contributed by atoms with Gasteiger partial charge in [-0.25, -0.2) is 23.3 Å². The molecular weight excluding hydrogens is 596 g/mol. The number of aliphatic imine (C=N–C) groups is 1. The zero-order valence-corrected chi connectivity index (χ0v) is 26.2. The molecule has 2 unspecified atom stereocenters. The van der Waals surface area contributed by atoms with E-state index in [0.29, 0.717) is 6.42 Å². The summed E-state index contributed by atoms with van der Waals surface area (Å²) >= 11 is 0. The Hall–Kier alpha value is -4.42. The number of halogens is 2. The van der Waals surface area contributed by atoms with E-state index >= 15 is 0 Å². The number of hydrogen-bond acceptors (Lipinski definition) is 6. The monoisotopic (exact) mass is 635 g/mol. The van der Waals surface area contributed by atoms with E-state index < -0.39 is 41.6 Å². The Labute approximate surface area is 267 Å². The van der Waals surface area contributed by atoms with Crippen LogP contribution in [0.1, 0.15) is 42.1 Å². The van der Waals surface area contributed by atoms with Crippen molar-refractivity contribution >= 4 is 23.7 Å². The van der Waals surface area contributed by atoms with Crippen LogP contribution in [0.2, 0.25) is 0 Å². The van der Waals surface area contributed by atoms with E-state index in [1.807, 2.05) is 6.07 Å². The smallest absolute Gasteiger partial charge is 0.352 e. The van der Waals surface area contributed by atoms with Crippen molar-refractivity contribution < 1.29 is 32.6 Å². The molecule has 1 fully saturated rings. The molecule has 2 aromatic carbocycles. The normalized spacial score (nSPS) is 19.9. The van der Waals surface area contributed by atoms with E-state index in [4.69, 9.17) is 9.47 Å². The molecule has 3 heterocycles. The molecule has 1 aromatic heterocycles. The minimum atomic E-state index is -1.33. The first-order chi connectivity index (χ1) is 22.2. The molecule has 1 saturated heterocycles. The summed E-state index contributed by atoms with van der Waals surface area (Å²) in [6.07, 6.45) is 4.56. The number of aromatic nitrogens is 1. The summed E-state index contributed by atoms with van der Waals surface area (Å²) in [4.78, 5) is 46.7. The lowest BCUT2D eigenvalue weighted by Crippen LogP contribution is -2.54. The number of ether oxygens (including phenoxy) is 2. The number of hydrogen-bond donors (Lipinski definition) is 1.